The summed E-state index contributed by atoms with van der Waals surface area (Å²) in [5.41, 5.74) is 1.24. The molecule has 0 aliphatic carbocycles. The van der Waals surface area contributed by atoms with E-state index in [-0.39, 0.29) is 18.1 Å². The van der Waals surface area contributed by atoms with Crippen molar-refractivity contribution in [3.05, 3.63) is 35.9 Å². The minimum Gasteiger partial charge on any atom is -0.454 e. The average Bonchev–Trinajstić information content (AvgIpc) is 3.28. The van der Waals surface area contributed by atoms with Crippen LogP contribution < -0.4 is 9.47 Å². The van der Waals surface area contributed by atoms with Gasteiger partial charge in [0.2, 0.25) is 12.7 Å². The van der Waals surface area contributed by atoms with Crippen LogP contribution in [0.15, 0.2) is 24.5 Å². The van der Waals surface area contributed by atoms with E-state index in [0.717, 1.165) is 49.7 Å². The number of piperidine rings is 1. The molecule has 27 heavy (non-hydrogen) atoms. The number of amides is 1. The molecule has 7 heteroatoms. The summed E-state index contributed by atoms with van der Waals surface area (Å²) in [6, 6.07) is 6.13. The summed E-state index contributed by atoms with van der Waals surface area (Å²) >= 11 is 0. The normalized spacial score (nSPS) is 21.7. The van der Waals surface area contributed by atoms with E-state index in [4.69, 9.17) is 9.47 Å². The molecule has 2 aliphatic heterocycles. The highest BCUT2D eigenvalue weighted by molar-refractivity contribution is 5.77. The maximum absolute atomic E-state index is 12.5. The molecule has 7 nitrogen and oxygen atoms in total. The van der Waals surface area contributed by atoms with Crippen LogP contribution in [0.2, 0.25) is 0 Å². The summed E-state index contributed by atoms with van der Waals surface area (Å²) in [5.74, 6) is 2.67. The van der Waals surface area contributed by atoms with Crippen molar-refractivity contribution in [1.29, 1.82) is 0 Å². The first-order valence-corrected chi connectivity index (χ1v) is 9.59. The SMILES string of the molecule is CCCn1cnnc1CN1C[C@](C)(Cc2ccc3c(c2)OCO3)CCC1=O. The highest BCUT2D eigenvalue weighted by Crippen LogP contribution is 2.38. The topological polar surface area (TPSA) is 69.5 Å². The Labute approximate surface area is 159 Å². The Hall–Kier alpha value is -2.57. The van der Waals surface area contributed by atoms with Gasteiger partial charge >= 0.3 is 0 Å². The molecule has 144 valence electrons. The number of hydrogen-bond acceptors (Lipinski definition) is 5. The number of carbonyl (C=O) groups is 1. The molecule has 3 heterocycles. The number of hydrogen-bond donors (Lipinski definition) is 0. The van der Waals surface area contributed by atoms with Crippen LogP contribution in [0, 0.1) is 5.41 Å². The Morgan fingerprint density at radius 2 is 2.11 bits per heavy atom. The molecular weight excluding hydrogens is 344 g/mol. The second kappa shape index (κ2) is 7.21. The van der Waals surface area contributed by atoms with Gasteiger partial charge in [0.25, 0.3) is 0 Å². The van der Waals surface area contributed by atoms with Crippen LogP contribution in [-0.4, -0.2) is 38.9 Å². The molecule has 1 atom stereocenters. The predicted molar refractivity (Wildman–Crippen MR) is 99.3 cm³/mol. The third kappa shape index (κ3) is 3.77. The molecule has 0 saturated carbocycles. The fourth-order valence-corrected chi connectivity index (χ4v) is 4.03. The van der Waals surface area contributed by atoms with E-state index in [1.165, 1.54) is 5.56 Å². The fraction of sp³-hybridized carbons (Fsp3) is 0.550. The van der Waals surface area contributed by atoms with Crippen LogP contribution in [0.25, 0.3) is 0 Å². The van der Waals surface area contributed by atoms with Crippen molar-refractivity contribution in [3.8, 4) is 11.5 Å². The third-order valence-electron chi connectivity index (χ3n) is 5.43. The van der Waals surface area contributed by atoms with Gasteiger partial charge in [-0.15, -0.1) is 10.2 Å². The molecule has 0 N–H and O–H groups in total. The number of carbonyl (C=O) groups excluding carboxylic acids is 1. The highest BCUT2D eigenvalue weighted by atomic mass is 16.7. The van der Waals surface area contributed by atoms with Crippen LogP contribution >= 0.6 is 0 Å². The Morgan fingerprint density at radius 1 is 1.26 bits per heavy atom. The van der Waals surface area contributed by atoms with Crippen molar-refractivity contribution in [2.75, 3.05) is 13.3 Å². The number of nitrogens with zero attached hydrogens (tertiary/aromatic N) is 4. The zero-order valence-electron chi connectivity index (χ0n) is 16.0. The minimum absolute atomic E-state index is 0.0250. The van der Waals surface area contributed by atoms with Gasteiger partial charge in [-0.3, -0.25) is 4.79 Å². The maximum Gasteiger partial charge on any atom is 0.231 e. The van der Waals surface area contributed by atoms with Gasteiger partial charge in [-0.2, -0.15) is 0 Å². The van der Waals surface area contributed by atoms with E-state index in [0.29, 0.717) is 13.0 Å². The molecule has 1 saturated heterocycles. The molecule has 1 amide bonds. The minimum atomic E-state index is 0.0250. The molecule has 1 aromatic carbocycles. The maximum atomic E-state index is 12.5. The van der Waals surface area contributed by atoms with E-state index in [9.17, 15) is 4.79 Å². The molecule has 0 unspecified atom stereocenters. The number of aromatic nitrogens is 3. The van der Waals surface area contributed by atoms with Gasteiger partial charge < -0.3 is 18.9 Å². The first-order chi connectivity index (χ1) is 13.1. The van der Waals surface area contributed by atoms with Crippen molar-refractivity contribution >= 4 is 5.91 Å². The molecule has 0 radical (unpaired) electrons. The Morgan fingerprint density at radius 3 is 2.96 bits per heavy atom. The fourth-order valence-electron chi connectivity index (χ4n) is 4.03. The van der Waals surface area contributed by atoms with Gasteiger partial charge in [0, 0.05) is 19.5 Å². The quantitative estimate of drug-likeness (QED) is 0.782. The van der Waals surface area contributed by atoms with Crippen molar-refractivity contribution in [2.45, 2.75) is 52.6 Å². The lowest BCUT2D eigenvalue weighted by Crippen LogP contribution is -2.46. The summed E-state index contributed by atoms with van der Waals surface area (Å²) < 4.78 is 12.9. The number of ether oxygens (including phenoxy) is 2. The second-order valence-corrected chi connectivity index (χ2v) is 7.87. The number of fused-ring (bicyclic) bond motifs is 1. The third-order valence-corrected chi connectivity index (χ3v) is 5.43. The molecule has 0 spiro atoms. The zero-order chi connectivity index (χ0) is 18.9. The van der Waals surface area contributed by atoms with E-state index < -0.39 is 0 Å². The van der Waals surface area contributed by atoms with Crippen molar-refractivity contribution in [2.24, 2.45) is 5.41 Å². The van der Waals surface area contributed by atoms with Gasteiger partial charge in [-0.05, 0) is 42.4 Å². The summed E-state index contributed by atoms with van der Waals surface area (Å²) in [6.07, 6.45) is 5.12. The standard InChI is InChI=1S/C20H26N4O3/c1-3-8-23-13-21-22-18(23)11-24-12-20(2,7-6-19(24)25)10-15-4-5-16-17(9-15)27-14-26-16/h4-5,9,13H,3,6-8,10-12,14H2,1-2H3/t20-/m0/s1. The van der Waals surface area contributed by atoms with Crippen LogP contribution in [0.5, 0.6) is 11.5 Å². The van der Waals surface area contributed by atoms with Gasteiger partial charge in [-0.25, -0.2) is 0 Å². The van der Waals surface area contributed by atoms with Gasteiger partial charge in [0.15, 0.2) is 17.3 Å². The highest BCUT2D eigenvalue weighted by Gasteiger charge is 2.36. The molecular formula is C20H26N4O3. The summed E-state index contributed by atoms with van der Waals surface area (Å²) in [5, 5.41) is 8.24. The molecule has 2 aromatic rings. The number of rotatable bonds is 6. The number of aryl methyl sites for hydroxylation is 1. The Balaban J connectivity index is 1.47. The van der Waals surface area contributed by atoms with Crippen LogP contribution in [-0.2, 0) is 24.3 Å². The lowest BCUT2D eigenvalue weighted by molar-refractivity contribution is -0.138. The predicted octanol–water partition coefficient (Wildman–Crippen LogP) is 2.79. The van der Waals surface area contributed by atoms with E-state index in [1.54, 1.807) is 6.33 Å². The molecule has 1 aromatic heterocycles. The molecule has 4 rings (SSSR count). The zero-order valence-corrected chi connectivity index (χ0v) is 16.0. The summed E-state index contributed by atoms with van der Waals surface area (Å²) in [7, 11) is 0. The van der Waals surface area contributed by atoms with Crippen molar-refractivity contribution < 1.29 is 14.3 Å². The van der Waals surface area contributed by atoms with Crippen molar-refractivity contribution in [1.82, 2.24) is 19.7 Å². The molecule has 0 bridgehead atoms. The molecule has 2 aliphatic rings. The van der Waals surface area contributed by atoms with Crippen LogP contribution in [0.4, 0.5) is 0 Å². The average molecular weight is 370 g/mol. The van der Waals surface area contributed by atoms with Gasteiger partial charge in [0.05, 0.1) is 6.54 Å². The number of benzene rings is 1. The van der Waals surface area contributed by atoms with Crippen LogP contribution in [0.1, 0.15) is 44.5 Å². The number of likely N-dealkylation sites (tertiary alicyclic amines) is 1. The van der Waals surface area contributed by atoms with Gasteiger partial charge in [-0.1, -0.05) is 19.9 Å². The van der Waals surface area contributed by atoms with Crippen LogP contribution in [0.3, 0.4) is 0 Å². The first kappa shape index (κ1) is 17.8. The van der Waals surface area contributed by atoms with Gasteiger partial charge in [0.1, 0.15) is 6.33 Å². The smallest absolute Gasteiger partial charge is 0.231 e. The van der Waals surface area contributed by atoms with E-state index >= 15 is 0 Å². The largest absolute Gasteiger partial charge is 0.454 e. The lowest BCUT2D eigenvalue weighted by Gasteiger charge is -2.40. The Bertz CT molecular complexity index is 834. The second-order valence-electron chi connectivity index (χ2n) is 7.87. The monoisotopic (exact) mass is 370 g/mol. The first-order valence-electron chi connectivity index (χ1n) is 9.59. The Kier molecular flexibility index (Phi) is 4.76. The summed E-state index contributed by atoms with van der Waals surface area (Å²) in [6.45, 7) is 6.79. The van der Waals surface area contributed by atoms with E-state index in [1.807, 2.05) is 15.5 Å². The lowest BCUT2D eigenvalue weighted by atomic mass is 9.76. The van der Waals surface area contributed by atoms with Crippen molar-refractivity contribution in [3.63, 3.8) is 0 Å². The van der Waals surface area contributed by atoms with E-state index in [2.05, 4.69) is 36.2 Å². The summed E-state index contributed by atoms with van der Waals surface area (Å²) in [4.78, 5) is 14.5. The molecule has 1 fully saturated rings.